The van der Waals surface area contributed by atoms with Gasteiger partial charge in [0.25, 0.3) is 0 Å². The number of amides is 4. The predicted molar refractivity (Wildman–Crippen MR) is 150 cm³/mol. The van der Waals surface area contributed by atoms with Crippen LogP contribution in [-0.4, -0.2) is 23.6 Å². The molecule has 3 aromatic carbocycles. The van der Waals surface area contributed by atoms with E-state index in [1.165, 1.54) is 9.80 Å². The minimum absolute atomic E-state index is 0.303. The van der Waals surface area contributed by atoms with Crippen molar-refractivity contribution in [2.24, 2.45) is 29.6 Å². The highest BCUT2D eigenvalue weighted by Crippen LogP contribution is 2.65. The average molecular weight is 581 g/mol. The number of halogens is 1. The van der Waals surface area contributed by atoms with Crippen molar-refractivity contribution in [3.8, 4) is 0 Å². The molecule has 3 aliphatic carbocycles. The zero-order chi connectivity index (χ0) is 27.2. The maximum Gasteiger partial charge on any atom is 0.238 e. The molecule has 5 aliphatic rings. The van der Waals surface area contributed by atoms with E-state index in [2.05, 4.69) is 15.9 Å². The number of carbonyl (C=O) groups is 4. The topological polar surface area (TPSA) is 74.8 Å². The first-order chi connectivity index (χ1) is 18.8. The van der Waals surface area contributed by atoms with Gasteiger partial charge >= 0.3 is 0 Å². The SMILES string of the molecule is Cc1ccccc1N1C(=O)C2C3C=CC(c4ccc(Br)cc4)(C2C1=O)C1C(=O)N(c2ccccc2C)C(=O)C31. The quantitative estimate of drug-likeness (QED) is 0.318. The highest BCUT2D eigenvalue weighted by molar-refractivity contribution is 9.10. The van der Waals surface area contributed by atoms with E-state index in [-0.39, 0.29) is 23.6 Å². The fourth-order valence-electron chi connectivity index (χ4n) is 7.59. The lowest BCUT2D eigenvalue weighted by molar-refractivity contribution is -0.140. The molecule has 3 aromatic rings. The first kappa shape index (κ1) is 24.2. The molecule has 2 heterocycles. The Morgan fingerprint density at radius 2 is 1.10 bits per heavy atom. The number of para-hydroxylation sites is 2. The molecule has 6 nitrogen and oxygen atoms in total. The van der Waals surface area contributed by atoms with Crippen molar-refractivity contribution >= 4 is 50.9 Å². The van der Waals surface area contributed by atoms with Gasteiger partial charge in [0, 0.05) is 15.8 Å². The van der Waals surface area contributed by atoms with Crippen LogP contribution in [0.25, 0.3) is 0 Å². The summed E-state index contributed by atoms with van der Waals surface area (Å²) in [6.07, 6.45) is 3.87. The van der Waals surface area contributed by atoms with Gasteiger partial charge < -0.3 is 0 Å². The summed E-state index contributed by atoms with van der Waals surface area (Å²) in [7, 11) is 0. The summed E-state index contributed by atoms with van der Waals surface area (Å²) in [5.41, 5.74) is 2.35. The number of benzene rings is 3. The molecule has 0 aromatic heterocycles. The number of rotatable bonds is 3. The van der Waals surface area contributed by atoms with Crippen LogP contribution in [0.15, 0.2) is 89.4 Å². The second-order valence-corrected chi connectivity index (χ2v) is 11.9. The molecule has 3 fully saturated rings. The van der Waals surface area contributed by atoms with Gasteiger partial charge in [-0.2, -0.15) is 0 Å². The fraction of sp³-hybridized carbons (Fsp3) is 0.250. The number of allylic oxidation sites excluding steroid dienone is 2. The molecule has 2 aliphatic heterocycles. The Morgan fingerprint density at radius 1 is 0.641 bits per heavy atom. The molecule has 39 heavy (non-hydrogen) atoms. The molecule has 0 spiro atoms. The fourth-order valence-corrected chi connectivity index (χ4v) is 7.86. The largest absolute Gasteiger partial charge is 0.274 e. The van der Waals surface area contributed by atoms with Crippen LogP contribution in [0, 0.1) is 43.4 Å². The first-order valence-electron chi connectivity index (χ1n) is 13.1. The maximum atomic E-state index is 14.4. The van der Waals surface area contributed by atoms with E-state index in [4.69, 9.17) is 0 Å². The molecule has 0 radical (unpaired) electrons. The average Bonchev–Trinajstić information content (AvgIpc) is 3.37. The normalized spacial score (nSPS) is 30.8. The number of carbonyl (C=O) groups excluding carboxylic acids is 4. The van der Waals surface area contributed by atoms with Gasteiger partial charge in [-0.15, -0.1) is 0 Å². The van der Waals surface area contributed by atoms with Crippen LogP contribution in [0.1, 0.15) is 16.7 Å². The van der Waals surface area contributed by atoms with E-state index < -0.39 is 35.0 Å². The third-order valence-electron chi connectivity index (χ3n) is 9.21. The van der Waals surface area contributed by atoms with Crippen molar-refractivity contribution in [2.45, 2.75) is 19.3 Å². The predicted octanol–water partition coefficient (Wildman–Crippen LogP) is 5.11. The van der Waals surface area contributed by atoms with Gasteiger partial charge in [-0.25, -0.2) is 9.80 Å². The summed E-state index contributed by atoms with van der Waals surface area (Å²) in [5, 5.41) is 0. The highest BCUT2D eigenvalue weighted by atomic mass is 79.9. The molecule has 4 atom stereocenters. The van der Waals surface area contributed by atoms with Crippen LogP contribution in [0.5, 0.6) is 0 Å². The monoisotopic (exact) mass is 580 g/mol. The molecular weight excluding hydrogens is 556 g/mol. The van der Waals surface area contributed by atoms with Crippen molar-refractivity contribution in [3.63, 3.8) is 0 Å². The van der Waals surface area contributed by atoms with Crippen LogP contribution < -0.4 is 9.80 Å². The Labute approximate surface area is 234 Å². The lowest BCUT2D eigenvalue weighted by Crippen LogP contribution is -2.60. The van der Waals surface area contributed by atoms with Gasteiger partial charge in [-0.3, -0.25) is 19.2 Å². The molecule has 4 unspecified atom stereocenters. The van der Waals surface area contributed by atoms with Crippen LogP contribution in [0.4, 0.5) is 11.4 Å². The maximum absolute atomic E-state index is 14.4. The van der Waals surface area contributed by atoms with Gasteiger partial charge in [0.05, 0.1) is 35.0 Å². The number of anilines is 2. The smallest absolute Gasteiger partial charge is 0.238 e. The first-order valence-corrected chi connectivity index (χ1v) is 13.9. The van der Waals surface area contributed by atoms with Gasteiger partial charge in [0.15, 0.2) is 0 Å². The lowest BCUT2D eigenvalue weighted by atomic mass is 9.45. The van der Waals surface area contributed by atoms with Crippen LogP contribution in [0.3, 0.4) is 0 Å². The van der Waals surface area contributed by atoms with E-state index in [1.807, 2.05) is 86.7 Å². The molecule has 2 saturated heterocycles. The third-order valence-corrected chi connectivity index (χ3v) is 9.74. The Hall–Kier alpha value is -3.84. The Kier molecular flexibility index (Phi) is 5.17. The van der Waals surface area contributed by atoms with E-state index in [9.17, 15) is 19.2 Å². The Balaban J connectivity index is 1.45. The van der Waals surface area contributed by atoms with Crippen LogP contribution >= 0.6 is 15.9 Å². The summed E-state index contributed by atoms with van der Waals surface area (Å²) in [6, 6.07) is 22.2. The minimum atomic E-state index is -1.14. The van der Waals surface area contributed by atoms with Gasteiger partial charge in [-0.1, -0.05) is 76.6 Å². The second-order valence-electron chi connectivity index (χ2n) is 11.0. The molecule has 4 amide bonds. The number of nitrogens with zero attached hydrogens (tertiary/aromatic N) is 2. The van der Waals surface area contributed by atoms with E-state index in [1.54, 1.807) is 12.1 Å². The zero-order valence-corrected chi connectivity index (χ0v) is 23.0. The number of hydrogen-bond acceptors (Lipinski definition) is 4. The van der Waals surface area contributed by atoms with Crippen LogP contribution in [0.2, 0.25) is 0 Å². The summed E-state index contributed by atoms with van der Waals surface area (Å²) in [5.74, 6) is -4.85. The summed E-state index contributed by atoms with van der Waals surface area (Å²) in [6.45, 7) is 3.74. The molecule has 7 heteroatoms. The van der Waals surface area contributed by atoms with Crippen molar-refractivity contribution in [1.29, 1.82) is 0 Å². The molecule has 1 saturated carbocycles. The summed E-state index contributed by atoms with van der Waals surface area (Å²) in [4.78, 5) is 59.7. The Bertz CT molecular complexity index is 1540. The van der Waals surface area contributed by atoms with E-state index >= 15 is 0 Å². The van der Waals surface area contributed by atoms with Gasteiger partial charge in [-0.05, 0) is 54.8 Å². The van der Waals surface area contributed by atoms with Crippen LogP contribution in [-0.2, 0) is 24.6 Å². The minimum Gasteiger partial charge on any atom is -0.274 e. The van der Waals surface area contributed by atoms with E-state index in [0.29, 0.717) is 11.4 Å². The Morgan fingerprint density at radius 3 is 1.56 bits per heavy atom. The van der Waals surface area contributed by atoms with Gasteiger partial charge in [0.1, 0.15) is 0 Å². The second kappa shape index (κ2) is 8.33. The van der Waals surface area contributed by atoms with Crippen molar-refractivity contribution in [3.05, 3.63) is 106 Å². The molecule has 8 rings (SSSR count). The lowest BCUT2D eigenvalue weighted by Gasteiger charge is -2.53. The van der Waals surface area contributed by atoms with Crippen molar-refractivity contribution < 1.29 is 19.2 Å². The molecule has 0 N–H and O–H groups in total. The van der Waals surface area contributed by atoms with E-state index in [0.717, 1.165) is 21.2 Å². The number of hydrogen-bond donors (Lipinski definition) is 0. The zero-order valence-electron chi connectivity index (χ0n) is 21.4. The van der Waals surface area contributed by atoms with Gasteiger partial charge in [0.2, 0.25) is 23.6 Å². The molecule has 2 bridgehead atoms. The molecule has 194 valence electrons. The number of aryl methyl sites for hydroxylation is 2. The van der Waals surface area contributed by atoms with Crippen molar-refractivity contribution in [2.75, 3.05) is 9.80 Å². The van der Waals surface area contributed by atoms with Crippen molar-refractivity contribution in [1.82, 2.24) is 0 Å². The standard InChI is InChI=1S/C32H25BrN2O4/c1-17-7-3-5-9-22(17)34-28(36)24-21-15-16-32(26(24)30(34)38,19-11-13-20(33)14-12-19)27-25(21)29(37)35(31(27)39)23-10-6-4-8-18(23)2/h3-16,21,24-27H,1-2H3. The number of imide groups is 2. The third kappa shape index (κ3) is 3.02. The molecular formula is C32H25BrN2O4. The summed E-state index contributed by atoms with van der Waals surface area (Å²) < 4.78 is 0.856. The highest BCUT2D eigenvalue weighted by Gasteiger charge is 2.75. The summed E-state index contributed by atoms with van der Waals surface area (Å²) >= 11 is 3.49.